The van der Waals surface area contributed by atoms with Gasteiger partial charge in [-0.3, -0.25) is 9.59 Å². The van der Waals surface area contributed by atoms with Crippen molar-refractivity contribution in [3.05, 3.63) is 0 Å². The number of hydrogen-bond acceptors (Lipinski definition) is 4. The molecule has 0 radical (unpaired) electrons. The Morgan fingerprint density at radius 1 is 1.33 bits per heavy atom. The average molecular weight is 234 g/mol. The van der Waals surface area contributed by atoms with Crippen molar-refractivity contribution in [1.82, 2.24) is 5.32 Å². The molecule has 1 saturated heterocycles. The summed E-state index contributed by atoms with van der Waals surface area (Å²) in [5.41, 5.74) is 4.83. The first-order valence-corrected chi connectivity index (χ1v) is 6.42. The second-order valence-corrected chi connectivity index (χ2v) is 5.84. The number of nitrogens with one attached hydrogen (secondary N) is 1. The van der Waals surface area contributed by atoms with Crippen molar-refractivity contribution < 1.29 is 18.0 Å². The van der Waals surface area contributed by atoms with Gasteiger partial charge >= 0.3 is 0 Å². The maximum absolute atomic E-state index is 11.5. The molecule has 1 heterocycles. The van der Waals surface area contributed by atoms with Gasteiger partial charge in [0, 0.05) is 0 Å². The fraction of sp³-hybridized carbons (Fsp3) is 0.750. The number of nitrogens with two attached hydrogens (primary N) is 1. The Hall–Kier alpha value is -1.11. The highest BCUT2D eigenvalue weighted by molar-refractivity contribution is 7.92. The van der Waals surface area contributed by atoms with E-state index >= 15 is 0 Å². The quantitative estimate of drug-likeness (QED) is 0.623. The van der Waals surface area contributed by atoms with Crippen molar-refractivity contribution in [3.8, 4) is 0 Å². The van der Waals surface area contributed by atoms with E-state index in [4.69, 9.17) is 5.73 Å². The summed E-state index contributed by atoms with van der Waals surface area (Å²) in [6, 6.07) is 0. The Labute approximate surface area is 88.1 Å². The zero-order valence-electron chi connectivity index (χ0n) is 8.23. The summed E-state index contributed by atoms with van der Waals surface area (Å²) in [5.74, 6) is -1.26. The topological polar surface area (TPSA) is 106 Å². The molecule has 86 valence electrons. The molecule has 1 atom stereocenters. The van der Waals surface area contributed by atoms with E-state index in [1.54, 1.807) is 0 Å². The van der Waals surface area contributed by atoms with Gasteiger partial charge in [-0.2, -0.15) is 0 Å². The van der Waals surface area contributed by atoms with Crippen LogP contribution in [0.3, 0.4) is 0 Å². The van der Waals surface area contributed by atoms with Crippen LogP contribution in [0.4, 0.5) is 0 Å². The molecule has 0 bridgehead atoms. The van der Waals surface area contributed by atoms with Crippen molar-refractivity contribution in [1.29, 1.82) is 0 Å². The monoisotopic (exact) mass is 234 g/mol. The second-order valence-electron chi connectivity index (χ2n) is 3.54. The molecule has 0 aromatic carbocycles. The number of primary amides is 1. The standard InChI is InChI=1S/C8H14N2O4S/c9-7(11)5-10-8(12)6-3-1-2-4-15(6,13)14/h6H,1-5H2,(H2,9,11)(H,10,12). The van der Waals surface area contributed by atoms with E-state index in [-0.39, 0.29) is 12.3 Å². The zero-order chi connectivity index (χ0) is 11.5. The van der Waals surface area contributed by atoms with Gasteiger partial charge < -0.3 is 11.1 Å². The lowest BCUT2D eigenvalue weighted by atomic mass is 10.2. The first kappa shape index (κ1) is 12.0. The lowest BCUT2D eigenvalue weighted by molar-refractivity contribution is -0.124. The zero-order valence-corrected chi connectivity index (χ0v) is 9.05. The van der Waals surface area contributed by atoms with Gasteiger partial charge in [-0.05, 0) is 12.8 Å². The number of sulfone groups is 1. The predicted octanol–water partition coefficient (Wildman–Crippen LogP) is -1.44. The maximum atomic E-state index is 11.5. The maximum Gasteiger partial charge on any atom is 0.238 e. The summed E-state index contributed by atoms with van der Waals surface area (Å²) in [5, 5.41) is 1.21. The molecule has 6 nitrogen and oxygen atoms in total. The molecular formula is C8H14N2O4S. The largest absolute Gasteiger partial charge is 0.368 e. The van der Waals surface area contributed by atoms with Gasteiger partial charge in [-0.15, -0.1) is 0 Å². The molecule has 15 heavy (non-hydrogen) atoms. The van der Waals surface area contributed by atoms with Crippen LogP contribution in [0.25, 0.3) is 0 Å². The third-order valence-corrected chi connectivity index (χ3v) is 4.48. The van der Waals surface area contributed by atoms with E-state index in [0.29, 0.717) is 19.3 Å². The van der Waals surface area contributed by atoms with Crippen molar-refractivity contribution in [3.63, 3.8) is 0 Å². The minimum absolute atomic E-state index is 0.0433. The Morgan fingerprint density at radius 3 is 2.53 bits per heavy atom. The Morgan fingerprint density at radius 2 is 2.00 bits per heavy atom. The van der Waals surface area contributed by atoms with Gasteiger partial charge in [0.15, 0.2) is 9.84 Å². The molecule has 1 rings (SSSR count). The fourth-order valence-corrected chi connectivity index (χ4v) is 3.36. The molecule has 1 fully saturated rings. The van der Waals surface area contributed by atoms with Crippen molar-refractivity contribution in [2.24, 2.45) is 5.73 Å². The SMILES string of the molecule is NC(=O)CNC(=O)C1CCCCS1(=O)=O. The Kier molecular flexibility index (Phi) is 3.67. The van der Waals surface area contributed by atoms with Crippen molar-refractivity contribution >= 4 is 21.7 Å². The van der Waals surface area contributed by atoms with E-state index in [1.807, 2.05) is 0 Å². The van der Waals surface area contributed by atoms with Gasteiger partial charge in [0.25, 0.3) is 0 Å². The van der Waals surface area contributed by atoms with Crippen molar-refractivity contribution in [2.75, 3.05) is 12.3 Å². The minimum atomic E-state index is -3.33. The normalized spacial score (nSPS) is 24.4. The summed E-state index contributed by atoms with van der Waals surface area (Å²) in [6.45, 7) is -0.315. The predicted molar refractivity (Wildman–Crippen MR) is 53.6 cm³/mol. The highest BCUT2D eigenvalue weighted by atomic mass is 32.2. The Bertz CT molecular complexity index is 363. The van der Waals surface area contributed by atoms with Crippen LogP contribution in [0.15, 0.2) is 0 Å². The van der Waals surface area contributed by atoms with Crippen molar-refractivity contribution in [2.45, 2.75) is 24.5 Å². The number of amides is 2. The number of carbonyl (C=O) groups excluding carboxylic acids is 2. The van der Waals surface area contributed by atoms with Crippen LogP contribution in [-0.4, -0.2) is 37.8 Å². The smallest absolute Gasteiger partial charge is 0.238 e. The summed E-state index contributed by atoms with van der Waals surface area (Å²) in [4.78, 5) is 21.8. The molecule has 0 saturated carbocycles. The lowest BCUT2D eigenvalue weighted by Crippen LogP contribution is -2.45. The van der Waals surface area contributed by atoms with Crippen LogP contribution in [0.2, 0.25) is 0 Å². The lowest BCUT2D eigenvalue weighted by Gasteiger charge is -2.20. The van der Waals surface area contributed by atoms with Gasteiger partial charge in [-0.25, -0.2) is 8.42 Å². The molecule has 0 aliphatic carbocycles. The molecule has 0 aromatic heterocycles. The third-order valence-electron chi connectivity index (χ3n) is 2.31. The molecule has 2 amide bonds. The summed E-state index contributed by atoms with van der Waals surface area (Å²) < 4.78 is 23.0. The van der Waals surface area contributed by atoms with Crippen LogP contribution < -0.4 is 11.1 Å². The van der Waals surface area contributed by atoms with E-state index in [9.17, 15) is 18.0 Å². The second kappa shape index (κ2) is 4.61. The van der Waals surface area contributed by atoms with Gasteiger partial charge in [0.1, 0.15) is 5.25 Å². The van der Waals surface area contributed by atoms with Crippen LogP contribution in [0.1, 0.15) is 19.3 Å². The third kappa shape index (κ3) is 3.19. The molecule has 0 aromatic rings. The Balaban J connectivity index is 2.61. The molecule has 1 aliphatic rings. The van der Waals surface area contributed by atoms with Crippen LogP contribution >= 0.6 is 0 Å². The van der Waals surface area contributed by atoms with Crippen LogP contribution in [0.5, 0.6) is 0 Å². The van der Waals surface area contributed by atoms with Crippen LogP contribution in [0, 0.1) is 0 Å². The molecule has 3 N–H and O–H groups in total. The van der Waals surface area contributed by atoms with E-state index in [1.165, 1.54) is 0 Å². The summed E-state index contributed by atoms with van der Waals surface area (Å²) >= 11 is 0. The van der Waals surface area contributed by atoms with Gasteiger partial charge in [-0.1, -0.05) is 6.42 Å². The summed E-state index contributed by atoms with van der Waals surface area (Å²) in [6.07, 6.45) is 1.64. The highest BCUT2D eigenvalue weighted by Crippen LogP contribution is 2.19. The van der Waals surface area contributed by atoms with E-state index in [0.717, 1.165) is 0 Å². The highest BCUT2D eigenvalue weighted by Gasteiger charge is 2.34. The molecule has 1 aliphatic heterocycles. The molecule has 1 unspecified atom stereocenters. The average Bonchev–Trinajstić information content (AvgIpc) is 2.13. The first-order valence-electron chi connectivity index (χ1n) is 4.71. The molecule has 7 heteroatoms. The summed E-state index contributed by atoms with van der Waals surface area (Å²) in [7, 11) is -3.33. The number of rotatable bonds is 3. The van der Waals surface area contributed by atoms with Gasteiger partial charge in [0.2, 0.25) is 11.8 Å². The number of carbonyl (C=O) groups is 2. The fourth-order valence-electron chi connectivity index (χ4n) is 1.54. The minimum Gasteiger partial charge on any atom is -0.368 e. The van der Waals surface area contributed by atoms with E-state index < -0.39 is 26.9 Å². The first-order chi connectivity index (χ1) is 6.93. The number of hydrogen-bond donors (Lipinski definition) is 2. The van der Waals surface area contributed by atoms with Gasteiger partial charge in [0.05, 0.1) is 12.3 Å². The molecule has 0 spiro atoms. The van der Waals surface area contributed by atoms with Crippen LogP contribution in [-0.2, 0) is 19.4 Å². The molecular weight excluding hydrogens is 220 g/mol. The van der Waals surface area contributed by atoms with E-state index in [2.05, 4.69) is 5.32 Å².